The van der Waals surface area contributed by atoms with Gasteiger partial charge in [0.15, 0.2) is 0 Å². The van der Waals surface area contributed by atoms with Crippen molar-refractivity contribution in [2.45, 2.75) is 19.0 Å². The first-order valence-corrected chi connectivity index (χ1v) is 7.72. The largest absolute Gasteiger partial charge is 0.373 e. The monoisotopic (exact) mass is 310 g/mol. The van der Waals surface area contributed by atoms with Gasteiger partial charge in [0, 0.05) is 19.1 Å². The van der Waals surface area contributed by atoms with Gasteiger partial charge in [0.1, 0.15) is 0 Å². The third-order valence-electron chi connectivity index (χ3n) is 4.08. The molecule has 1 aliphatic heterocycles. The van der Waals surface area contributed by atoms with Crippen molar-refractivity contribution in [2.24, 2.45) is 0 Å². The molecule has 4 heteroatoms. The van der Waals surface area contributed by atoms with Crippen LogP contribution in [-0.2, 0) is 22.6 Å². The van der Waals surface area contributed by atoms with Crippen molar-refractivity contribution in [3.05, 3.63) is 71.8 Å². The fourth-order valence-corrected chi connectivity index (χ4v) is 2.99. The summed E-state index contributed by atoms with van der Waals surface area (Å²) >= 11 is 0. The number of nitrogens with zero attached hydrogens (tertiary/aromatic N) is 2. The number of rotatable bonds is 4. The molecule has 1 heterocycles. The minimum atomic E-state index is 0.250. The average molecular weight is 310 g/mol. The quantitative estimate of drug-likeness (QED) is 0.869. The zero-order valence-corrected chi connectivity index (χ0v) is 13.4. The smallest absolute Gasteiger partial charge is 0.289 e. The SMILES string of the molecule is CN1CN(Cc2ccccc2)C[C@@H]1Cc1ccccc1.O=C=O. The first-order chi connectivity index (χ1) is 11.2. The van der Waals surface area contributed by atoms with Crippen LogP contribution in [0.3, 0.4) is 0 Å². The first kappa shape index (κ1) is 17.1. The molecule has 1 atom stereocenters. The molecule has 2 aromatic carbocycles. The predicted octanol–water partition coefficient (Wildman–Crippen LogP) is 2.42. The van der Waals surface area contributed by atoms with Crippen LogP contribution in [0, 0.1) is 0 Å². The molecule has 0 spiro atoms. The van der Waals surface area contributed by atoms with E-state index < -0.39 is 0 Å². The molecule has 0 radical (unpaired) electrons. The summed E-state index contributed by atoms with van der Waals surface area (Å²) < 4.78 is 0. The Kier molecular flexibility index (Phi) is 6.70. The number of benzene rings is 2. The van der Waals surface area contributed by atoms with Gasteiger partial charge < -0.3 is 0 Å². The van der Waals surface area contributed by atoms with Crippen molar-refractivity contribution in [2.75, 3.05) is 20.3 Å². The molecular formula is C19H22N2O2. The molecule has 1 aliphatic rings. The van der Waals surface area contributed by atoms with Crippen LogP contribution in [-0.4, -0.2) is 42.3 Å². The normalized spacial score (nSPS) is 18.0. The second kappa shape index (κ2) is 9.01. The highest BCUT2D eigenvalue weighted by atomic mass is 16.2. The molecule has 1 saturated heterocycles. The average Bonchev–Trinajstić information content (AvgIpc) is 2.89. The van der Waals surface area contributed by atoms with Crippen LogP contribution in [0.25, 0.3) is 0 Å². The van der Waals surface area contributed by atoms with Gasteiger partial charge in [-0.1, -0.05) is 60.7 Å². The second-order valence-electron chi connectivity index (χ2n) is 5.82. The van der Waals surface area contributed by atoms with Crippen molar-refractivity contribution in [1.29, 1.82) is 0 Å². The molecular weight excluding hydrogens is 288 g/mol. The van der Waals surface area contributed by atoms with Gasteiger partial charge in [-0.2, -0.15) is 9.59 Å². The molecule has 0 saturated carbocycles. The van der Waals surface area contributed by atoms with Crippen molar-refractivity contribution in [1.82, 2.24) is 9.80 Å². The minimum absolute atomic E-state index is 0.250. The van der Waals surface area contributed by atoms with E-state index >= 15 is 0 Å². The lowest BCUT2D eigenvalue weighted by Crippen LogP contribution is -2.28. The highest BCUT2D eigenvalue weighted by Crippen LogP contribution is 2.18. The lowest BCUT2D eigenvalue weighted by Gasteiger charge is -2.17. The van der Waals surface area contributed by atoms with Crippen LogP contribution < -0.4 is 0 Å². The Morgan fingerprint density at radius 3 is 2.04 bits per heavy atom. The highest BCUT2D eigenvalue weighted by Gasteiger charge is 2.27. The van der Waals surface area contributed by atoms with E-state index in [0.717, 1.165) is 26.2 Å². The molecule has 4 nitrogen and oxygen atoms in total. The summed E-state index contributed by atoms with van der Waals surface area (Å²) in [4.78, 5) is 21.2. The summed E-state index contributed by atoms with van der Waals surface area (Å²) in [6.45, 7) is 3.27. The summed E-state index contributed by atoms with van der Waals surface area (Å²) in [6, 6.07) is 22.2. The van der Waals surface area contributed by atoms with E-state index in [1.54, 1.807) is 0 Å². The van der Waals surface area contributed by atoms with Crippen LogP contribution in [0.15, 0.2) is 60.7 Å². The van der Waals surface area contributed by atoms with Crippen molar-refractivity contribution < 1.29 is 9.59 Å². The van der Waals surface area contributed by atoms with Gasteiger partial charge in [-0.05, 0) is 24.6 Å². The van der Waals surface area contributed by atoms with Gasteiger partial charge in [0.05, 0.1) is 6.67 Å². The summed E-state index contributed by atoms with van der Waals surface area (Å²) in [6.07, 6.45) is 1.39. The second-order valence-corrected chi connectivity index (χ2v) is 5.82. The fraction of sp³-hybridized carbons (Fsp3) is 0.316. The van der Waals surface area contributed by atoms with Crippen LogP contribution in [0.2, 0.25) is 0 Å². The van der Waals surface area contributed by atoms with E-state index in [9.17, 15) is 0 Å². The van der Waals surface area contributed by atoms with E-state index in [4.69, 9.17) is 9.59 Å². The van der Waals surface area contributed by atoms with Crippen LogP contribution in [0.5, 0.6) is 0 Å². The van der Waals surface area contributed by atoms with Crippen LogP contribution >= 0.6 is 0 Å². The maximum absolute atomic E-state index is 8.12. The Morgan fingerprint density at radius 1 is 0.957 bits per heavy atom. The summed E-state index contributed by atoms with van der Waals surface area (Å²) in [5, 5.41) is 0. The van der Waals surface area contributed by atoms with Gasteiger partial charge in [0.2, 0.25) is 0 Å². The number of hydrogen-bond donors (Lipinski definition) is 0. The molecule has 0 aromatic heterocycles. The lowest BCUT2D eigenvalue weighted by atomic mass is 10.1. The van der Waals surface area contributed by atoms with Crippen molar-refractivity contribution in [3.8, 4) is 0 Å². The van der Waals surface area contributed by atoms with E-state index in [1.165, 1.54) is 11.1 Å². The maximum Gasteiger partial charge on any atom is 0.373 e. The number of carbonyl (C=O) groups excluding carboxylic acids is 2. The van der Waals surface area contributed by atoms with Gasteiger partial charge in [-0.25, -0.2) is 0 Å². The topological polar surface area (TPSA) is 40.6 Å². The summed E-state index contributed by atoms with van der Waals surface area (Å²) in [5.41, 5.74) is 2.84. The van der Waals surface area contributed by atoms with Gasteiger partial charge >= 0.3 is 6.15 Å². The Morgan fingerprint density at radius 2 is 1.48 bits per heavy atom. The van der Waals surface area contributed by atoms with Crippen molar-refractivity contribution in [3.63, 3.8) is 0 Å². The Labute approximate surface area is 137 Å². The van der Waals surface area contributed by atoms with E-state index in [0.29, 0.717) is 6.04 Å². The summed E-state index contributed by atoms with van der Waals surface area (Å²) in [5.74, 6) is 0. The highest BCUT2D eigenvalue weighted by molar-refractivity contribution is 5.20. The molecule has 0 N–H and O–H groups in total. The molecule has 23 heavy (non-hydrogen) atoms. The van der Waals surface area contributed by atoms with Crippen LogP contribution in [0.4, 0.5) is 0 Å². The Bertz CT molecular complexity index is 610. The predicted molar refractivity (Wildman–Crippen MR) is 88.4 cm³/mol. The maximum atomic E-state index is 8.12. The van der Waals surface area contributed by atoms with Crippen LogP contribution in [0.1, 0.15) is 11.1 Å². The van der Waals surface area contributed by atoms with E-state index in [2.05, 4.69) is 77.5 Å². The molecule has 2 aromatic rings. The zero-order valence-electron chi connectivity index (χ0n) is 13.4. The van der Waals surface area contributed by atoms with E-state index in [-0.39, 0.29) is 6.15 Å². The third-order valence-corrected chi connectivity index (χ3v) is 4.08. The molecule has 0 unspecified atom stereocenters. The number of hydrogen-bond acceptors (Lipinski definition) is 4. The molecule has 1 fully saturated rings. The Hall–Kier alpha value is -2.26. The molecule has 0 amide bonds. The third kappa shape index (κ3) is 5.46. The Balaban J connectivity index is 0.000000595. The van der Waals surface area contributed by atoms with Gasteiger partial charge in [-0.15, -0.1) is 0 Å². The van der Waals surface area contributed by atoms with E-state index in [1.807, 2.05) is 0 Å². The molecule has 3 rings (SSSR count). The zero-order chi connectivity index (χ0) is 16.5. The number of likely N-dealkylation sites (N-methyl/N-ethyl adjacent to an activating group) is 1. The van der Waals surface area contributed by atoms with Gasteiger partial charge in [0.25, 0.3) is 0 Å². The summed E-state index contributed by atoms with van der Waals surface area (Å²) in [7, 11) is 2.23. The fourth-order valence-electron chi connectivity index (χ4n) is 2.99. The van der Waals surface area contributed by atoms with Gasteiger partial charge in [-0.3, -0.25) is 9.80 Å². The van der Waals surface area contributed by atoms with Crippen molar-refractivity contribution >= 4 is 6.15 Å². The molecule has 0 aliphatic carbocycles. The molecule has 120 valence electrons. The minimum Gasteiger partial charge on any atom is -0.289 e. The lowest BCUT2D eigenvalue weighted by molar-refractivity contribution is -0.191. The standard InChI is InChI=1S/C18H22N2.CO2/c1-19-15-20(13-17-10-6-3-7-11-17)14-18(19)12-16-8-4-2-5-9-16;2-1-3/h2-11,18H,12-15H2,1H3;/t18-;/m0./s1. The molecule has 0 bridgehead atoms. The first-order valence-electron chi connectivity index (χ1n) is 7.72.